The summed E-state index contributed by atoms with van der Waals surface area (Å²) in [5, 5.41) is 0. The Labute approximate surface area is 166 Å². The smallest absolute Gasteiger partial charge is 0.261 e. The van der Waals surface area contributed by atoms with Gasteiger partial charge in [-0.2, -0.15) is 0 Å². The van der Waals surface area contributed by atoms with E-state index >= 15 is 0 Å². The first kappa shape index (κ1) is 20.2. The van der Waals surface area contributed by atoms with Gasteiger partial charge in [-0.3, -0.25) is 9.52 Å². The van der Waals surface area contributed by atoms with Crippen molar-refractivity contribution in [3.8, 4) is 5.75 Å². The molecule has 6 nitrogen and oxygen atoms in total. The normalized spacial score (nSPS) is 16.2. The average molecular weight is 403 g/mol. The summed E-state index contributed by atoms with van der Waals surface area (Å²) >= 11 is 0. The highest BCUT2D eigenvalue weighted by Gasteiger charge is 2.37. The van der Waals surface area contributed by atoms with Crippen LogP contribution in [0.5, 0.6) is 5.75 Å². The summed E-state index contributed by atoms with van der Waals surface area (Å²) in [5.74, 6) is 0.471. The Hall–Kier alpha value is -2.54. The molecule has 1 heterocycles. The molecule has 1 aliphatic heterocycles. The second-order valence-electron chi connectivity index (χ2n) is 7.76. The maximum atomic E-state index is 12.8. The molecule has 0 spiro atoms. The van der Waals surface area contributed by atoms with Gasteiger partial charge in [-0.25, -0.2) is 8.42 Å². The third-order valence-electron chi connectivity index (χ3n) is 5.02. The Morgan fingerprint density at radius 3 is 2.46 bits per heavy atom. The van der Waals surface area contributed by atoms with E-state index in [4.69, 9.17) is 4.74 Å². The Morgan fingerprint density at radius 2 is 1.82 bits per heavy atom. The van der Waals surface area contributed by atoms with Crippen LogP contribution >= 0.6 is 0 Å². The van der Waals surface area contributed by atoms with Gasteiger partial charge in [0, 0.05) is 12.6 Å². The fourth-order valence-electron chi connectivity index (χ4n) is 3.12. The number of amides is 1. The third-order valence-corrected chi connectivity index (χ3v) is 6.40. The van der Waals surface area contributed by atoms with Crippen molar-refractivity contribution >= 4 is 27.3 Å². The minimum absolute atomic E-state index is 0.0165. The third kappa shape index (κ3) is 3.71. The number of aryl methyl sites for hydroxylation is 2. The standard InChI is InChI=1S/C21H26N2O4S/c1-6-23-18-10-8-16(12-19(18)27-13-21(4,5)20(23)24)22-28(25,26)17-9-7-14(2)15(3)11-17/h7-12,22H,6,13H2,1-5H3. The van der Waals surface area contributed by atoms with Gasteiger partial charge < -0.3 is 9.64 Å². The molecule has 0 atom stereocenters. The number of benzene rings is 2. The zero-order valence-electron chi connectivity index (χ0n) is 16.9. The summed E-state index contributed by atoms with van der Waals surface area (Å²) in [5.41, 5.74) is 2.32. The van der Waals surface area contributed by atoms with Crippen LogP contribution in [0.25, 0.3) is 0 Å². The highest BCUT2D eigenvalue weighted by atomic mass is 32.2. The van der Waals surface area contributed by atoms with Crippen molar-refractivity contribution in [3.63, 3.8) is 0 Å². The molecule has 1 N–H and O–H groups in total. The van der Waals surface area contributed by atoms with Crippen molar-refractivity contribution in [2.75, 3.05) is 22.8 Å². The topological polar surface area (TPSA) is 75.7 Å². The van der Waals surface area contributed by atoms with Crippen molar-refractivity contribution in [2.24, 2.45) is 5.41 Å². The van der Waals surface area contributed by atoms with E-state index in [0.29, 0.717) is 23.7 Å². The summed E-state index contributed by atoms with van der Waals surface area (Å²) in [6, 6.07) is 10.0. The molecule has 0 saturated carbocycles. The van der Waals surface area contributed by atoms with E-state index in [2.05, 4.69) is 4.72 Å². The van der Waals surface area contributed by atoms with Crippen LogP contribution in [-0.4, -0.2) is 27.5 Å². The number of fused-ring (bicyclic) bond motifs is 1. The zero-order valence-corrected chi connectivity index (χ0v) is 17.7. The molecule has 0 radical (unpaired) electrons. The maximum absolute atomic E-state index is 12.8. The van der Waals surface area contributed by atoms with Gasteiger partial charge in [-0.15, -0.1) is 0 Å². The van der Waals surface area contributed by atoms with E-state index < -0.39 is 15.4 Å². The molecule has 0 saturated heterocycles. The molecule has 1 aliphatic rings. The summed E-state index contributed by atoms with van der Waals surface area (Å²) in [4.78, 5) is 14.6. The van der Waals surface area contributed by atoms with E-state index in [9.17, 15) is 13.2 Å². The molecule has 0 unspecified atom stereocenters. The molecular weight excluding hydrogens is 376 g/mol. The van der Waals surface area contributed by atoms with E-state index in [-0.39, 0.29) is 17.4 Å². The fraction of sp³-hybridized carbons (Fsp3) is 0.381. The molecule has 2 aromatic rings. The number of rotatable bonds is 4. The number of ether oxygens (including phenoxy) is 1. The van der Waals surface area contributed by atoms with Crippen LogP contribution in [0.4, 0.5) is 11.4 Å². The molecule has 7 heteroatoms. The number of nitrogens with one attached hydrogen (secondary N) is 1. The van der Waals surface area contributed by atoms with Crippen molar-refractivity contribution < 1.29 is 17.9 Å². The van der Waals surface area contributed by atoms with Crippen molar-refractivity contribution in [1.82, 2.24) is 0 Å². The Balaban J connectivity index is 1.95. The van der Waals surface area contributed by atoms with Crippen LogP contribution in [0.3, 0.4) is 0 Å². The molecule has 2 aromatic carbocycles. The molecular formula is C21H26N2O4S. The number of carbonyl (C=O) groups excluding carboxylic acids is 1. The number of hydrogen-bond donors (Lipinski definition) is 1. The Bertz CT molecular complexity index is 1030. The van der Waals surface area contributed by atoms with Gasteiger partial charge in [0.2, 0.25) is 5.91 Å². The lowest BCUT2D eigenvalue weighted by Gasteiger charge is -2.26. The summed E-state index contributed by atoms with van der Waals surface area (Å²) in [6.07, 6.45) is 0. The monoisotopic (exact) mass is 402 g/mol. The Kier molecular flexibility index (Phi) is 5.14. The summed E-state index contributed by atoms with van der Waals surface area (Å²) in [6.45, 7) is 10.1. The number of hydrogen-bond acceptors (Lipinski definition) is 4. The summed E-state index contributed by atoms with van der Waals surface area (Å²) in [7, 11) is -3.73. The number of sulfonamides is 1. The summed E-state index contributed by atoms with van der Waals surface area (Å²) < 4.78 is 34.0. The van der Waals surface area contributed by atoms with Gasteiger partial charge in [0.1, 0.15) is 12.4 Å². The second kappa shape index (κ2) is 7.13. The minimum Gasteiger partial charge on any atom is -0.490 e. The zero-order chi connectivity index (χ0) is 20.7. The SMILES string of the molecule is CCN1C(=O)C(C)(C)COc2cc(NS(=O)(=O)c3ccc(C)c(C)c3)ccc21. The van der Waals surface area contributed by atoms with Crippen LogP contribution in [0, 0.1) is 19.3 Å². The lowest BCUT2D eigenvalue weighted by Crippen LogP contribution is -2.42. The molecule has 150 valence electrons. The van der Waals surface area contributed by atoms with Crippen molar-refractivity contribution in [2.45, 2.75) is 39.5 Å². The van der Waals surface area contributed by atoms with Crippen LogP contribution in [-0.2, 0) is 14.8 Å². The number of nitrogens with zero attached hydrogens (tertiary/aromatic N) is 1. The predicted octanol–water partition coefficient (Wildman–Crippen LogP) is 3.88. The highest BCUT2D eigenvalue weighted by molar-refractivity contribution is 7.92. The van der Waals surface area contributed by atoms with E-state index in [1.54, 1.807) is 41.3 Å². The molecule has 0 aliphatic carbocycles. The lowest BCUT2D eigenvalue weighted by molar-refractivity contribution is -0.127. The first-order valence-corrected chi connectivity index (χ1v) is 10.7. The Morgan fingerprint density at radius 1 is 1.11 bits per heavy atom. The van der Waals surface area contributed by atoms with Crippen LogP contribution in [0.2, 0.25) is 0 Å². The van der Waals surface area contributed by atoms with E-state index in [1.165, 1.54) is 0 Å². The molecule has 28 heavy (non-hydrogen) atoms. The first-order valence-electron chi connectivity index (χ1n) is 9.24. The largest absolute Gasteiger partial charge is 0.490 e. The van der Waals surface area contributed by atoms with Gasteiger partial charge in [0.05, 0.1) is 21.7 Å². The van der Waals surface area contributed by atoms with Crippen molar-refractivity contribution in [3.05, 3.63) is 47.5 Å². The maximum Gasteiger partial charge on any atom is 0.261 e. The molecule has 0 bridgehead atoms. The van der Waals surface area contributed by atoms with Crippen LogP contribution in [0.15, 0.2) is 41.3 Å². The van der Waals surface area contributed by atoms with E-state index in [0.717, 1.165) is 11.1 Å². The van der Waals surface area contributed by atoms with Crippen molar-refractivity contribution in [1.29, 1.82) is 0 Å². The highest BCUT2D eigenvalue weighted by Crippen LogP contribution is 2.38. The number of carbonyl (C=O) groups is 1. The fourth-order valence-corrected chi connectivity index (χ4v) is 4.25. The number of anilines is 2. The molecule has 3 rings (SSSR count). The minimum atomic E-state index is -3.73. The molecule has 0 aromatic heterocycles. The van der Waals surface area contributed by atoms with Crippen LogP contribution in [0.1, 0.15) is 31.9 Å². The average Bonchev–Trinajstić information content (AvgIpc) is 2.72. The van der Waals surface area contributed by atoms with E-state index in [1.807, 2.05) is 34.6 Å². The molecule has 0 fully saturated rings. The quantitative estimate of drug-likeness (QED) is 0.842. The van der Waals surface area contributed by atoms with Crippen LogP contribution < -0.4 is 14.4 Å². The van der Waals surface area contributed by atoms with Gasteiger partial charge >= 0.3 is 0 Å². The first-order chi connectivity index (χ1) is 13.0. The lowest BCUT2D eigenvalue weighted by atomic mass is 9.93. The van der Waals surface area contributed by atoms with Gasteiger partial charge in [-0.05, 0) is 70.0 Å². The predicted molar refractivity (Wildman–Crippen MR) is 110 cm³/mol. The second-order valence-corrected chi connectivity index (χ2v) is 9.44. The molecule has 1 amide bonds. The van der Waals surface area contributed by atoms with Gasteiger partial charge in [-0.1, -0.05) is 6.07 Å². The van der Waals surface area contributed by atoms with Gasteiger partial charge in [0.25, 0.3) is 10.0 Å². The van der Waals surface area contributed by atoms with Gasteiger partial charge in [0.15, 0.2) is 0 Å².